The maximum absolute atomic E-state index is 9.40. The Morgan fingerprint density at radius 3 is 2.78 bits per heavy atom. The number of aromatic amines is 1. The summed E-state index contributed by atoms with van der Waals surface area (Å²) in [7, 11) is 1.65. The quantitative estimate of drug-likeness (QED) is 0.554. The van der Waals surface area contributed by atoms with Gasteiger partial charge in [0.2, 0.25) is 0 Å². The third-order valence-corrected chi connectivity index (χ3v) is 4.73. The van der Waals surface area contributed by atoms with E-state index in [-0.39, 0.29) is 0 Å². The smallest absolute Gasteiger partial charge is 0.157 e. The van der Waals surface area contributed by atoms with E-state index in [0.717, 1.165) is 38.8 Å². The number of nitriles is 1. The molecule has 4 rings (SSSR count). The zero-order chi connectivity index (χ0) is 19.0. The minimum atomic E-state index is -0.561. The van der Waals surface area contributed by atoms with Gasteiger partial charge in [0.1, 0.15) is 11.3 Å². The number of aromatic nitrogens is 3. The summed E-state index contributed by atoms with van der Waals surface area (Å²) in [5.74, 6) is 1.46. The Bertz CT molecular complexity index is 1190. The van der Waals surface area contributed by atoms with E-state index >= 15 is 0 Å². The van der Waals surface area contributed by atoms with Crippen molar-refractivity contribution in [2.75, 3.05) is 12.4 Å². The summed E-state index contributed by atoms with van der Waals surface area (Å²) in [5.41, 5.74) is 2.92. The molecule has 0 aliphatic carbocycles. The van der Waals surface area contributed by atoms with Crippen molar-refractivity contribution in [3.8, 4) is 11.8 Å². The van der Waals surface area contributed by atoms with Crippen LogP contribution in [0.1, 0.15) is 19.4 Å². The molecule has 0 aliphatic heterocycles. The van der Waals surface area contributed by atoms with Crippen LogP contribution >= 0.6 is 0 Å². The number of pyridine rings is 1. The molecule has 4 aromatic rings. The Kier molecular flexibility index (Phi) is 3.93. The van der Waals surface area contributed by atoms with Crippen LogP contribution in [0.4, 0.5) is 11.5 Å². The highest BCUT2D eigenvalue weighted by molar-refractivity contribution is 6.09. The van der Waals surface area contributed by atoms with Crippen molar-refractivity contribution in [1.82, 2.24) is 15.2 Å². The molecule has 0 radical (unpaired) electrons. The van der Waals surface area contributed by atoms with Crippen LogP contribution in [0.5, 0.6) is 5.75 Å². The molecule has 0 amide bonds. The number of benzene rings is 2. The molecule has 134 valence electrons. The van der Waals surface area contributed by atoms with Gasteiger partial charge in [0, 0.05) is 16.5 Å². The van der Waals surface area contributed by atoms with Crippen molar-refractivity contribution in [2.24, 2.45) is 0 Å². The number of hydrogen-bond acceptors (Lipinski definition) is 5. The van der Waals surface area contributed by atoms with Crippen molar-refractivity contribution < 1.29 is 4.74 Å². The Morgan fingerprint density at radius 1 is 1.15 bits per heavy atom. The Morgan fingerprint density at radius 2 is 2.00 bits per heavy atom. The first kappa shape index (κ1) is 16.9. The molecular formula is C21H19N5O. The molecule has 2 aromatic heterocycles. The monoisotopic (exact) mass is 357 g/mol. The van der Waals surface area contributed by atoms with Gasteiger partial charge in [-0.15, -0.1) is 0 Å². The molecule has 0 bridgehead atoms. The fourth-order valence-corrected chi connectivity index (χ4v) is 3.08. The van der Waals surface area contributed by atoms with Gasteiger partial charge < -0.3 is 10.1 Å². The Hall–Kier alpha value is -3.59. The van der Waals surface area contributed by atoms with Crippen LogP contribution in [0.2, 0.25) is 0 Å². The van der Waals surface area contributed by atoms with Gasteiger partial charge in [-0.2, -0.15) is 10.4 Å². The van der Waals surface area contributed by atoms with Gasteiger partial charge >= 0.3 is 0 Å². The van der Waals surface area contributed by atoms with Gasteiger partial charge in [-0.25, -0.2) is 4.98 Å². The van der Waals surface area contributed by atoms with Gasteiger partial charge in [-0.1, -0.05) is 12.1 Å². The zero-order valence-electron chi connectivity index (χ0n) is 15.4. The SMILES string of the molecule is COc1ccc2nc(Nc3cccc(C(C)(C)C#N)c3)c3[nH]ncc3c2c1. The van der Waals surface area contributed by atoms with E-state index in [1.165, 1.54) is 0 Å². The predicted molar refractivity (Wildman–Crippen MR) is 106 cm³/mol. The fourth-order valence-electron chi connectivity index (χ4n) is 3.08. The van der Waals surface area contributed by atoms with Crippen LogP contribution in [0.3, 0.4) is 0 Å². The molecule has 2 aromatic carbocycles. The second-order valence-electron chi connectivity index (χ2n) is 6.94. The average molecular weight is 357 g/mol. The molecule has 0 saturated heterocycles. The third-order valence-electron chi connectivity index (χ3n) is 4.73. The normalized spacial score (nSPS) is 11.5. The molecule has 27 heavy (non-hydrogen) atoms. The Labute approximate surface area is 156 Å². The highest BCUT2D eigenvalue weighted by atomic mass is 16.5. The van der Waals surface area contributed by atoms with E-state index in [0.29, 0.717) is 5.82 Å². The lowest BCUT2D eigenvalue weighted by molar-refractivity contribution is 0.415. The molecule has 0 aliphatic rings. The number of nitrogens with one attached hydrogen (secondary N) is 2. The standard InChI is InChI=1S/C21H19N5O/c1-21(2,12-22)13-5-4-6-14(9-13)24-20-19-17(11-23-26-19)16-10-15(27-3)7-8-18(16)25-20/h4-11H,1-3H3,(H,23,26)(H,24,25). The van der Waals surface area contributed by atoms with Crippen molar-refractivity contribution in [1.29, 1.82) is 5.26 Å². The highest BCUT2D eigenvalue weighted by Gasteiger charge is 2.20. The van der Waals surface area contributed by atoms with E-state index in [1.54, 1.807) is 13.3 Å². The lowest BCUT2D eigenvalue weighted by atomic mass is 9.86. The van der Waals surface area contributed by atoms with E-state index < -0.39 is 5.41 Å². The largest absolute Gasteiger partial charge is 0.497 e. The van der Waals surface area contributed by atoms with Crippen LogP contribution in [-0.2, 0) is 5.41 Å². The molecule has 0 fully saturated rings. The topological polar surface area (TPSA) is 86.6 Å². The van der Waals surface area contributed by atoms with Gasteiger partial charge in [0.05, 0.1) is 30.3 Å². The number of anilines is 2. The number of methoxy groups -OCH3 is 1. The van der Waals surface area contributed by atoms with Crippen LogP contribution in [0.25, 0.3) is 21.8 Å². The number of hydrogen-bond donors (Lipinski definition) is 2. The summed E-state index contributed by atoms with van der Waals surface area (Å²) in [6.45, 7) is 3.81. The predicted octanol–water partition coefficient (Wildman–Crippen LogP) is 4.66. The molecule has 0 saturated carbocycles. The second kappa shape index (κ2) is 6.29. The second-order valence-corrected chi connectivity index (χ2v) is 6.94. The molecule has 6 heteroatoms. The summed E-state index contributed by atoms with van der Waals surface area (Å²) in [5, 5.41) is 21.9. The van der Waals surface area contributed by atoms with Gasteiger partial charge in [-0.3, -0.25) is 5.10 Å². The molecule has 6 nitrogen and oxygen atoms in total. The molecule has 0 spiro atoms. The first-order valence-corrected chi connectivity index (χ1v) is 8.61. The lowest BCUT2D eigenvalue weighted by Gasteiger charge is -2.17. The van der Waals surface area contributed by atoms with E-state index in [1.807, 2.05) is 56.3 Å². The zero-order valence-corrected chi connectivity index (χ0v) is 15.4. The minimum Gasteiger partial charge on any atom is -0.497 e. The lowest BCUT2D eigenvalue weighted by Crippen LogP contribution is -2.13. The van der Waals surface area contributed by atoms with E-state index in [2.05, 4.69) is 21.6 Å². The third kappa shape index (κ3) is 2.93. The minimum absolute atomic E-state index is 0.561. The van der Waals surface area contributed by atoms with Crippen LogP contribution in [0, 0.1) is 11.3 Å². The summed E-state index contributed by atoms with van der Waals surface area (Å²) in [4.78, 5) is 4.76. The number of fused-ring (bicyclic) bond motifs is 3. The van der Waals surface area contributed by atoms with Gasteiger partial charge in [-0.05, 0) is 49.7 Å². The first-order chi connectivity index (χ1) is 13.0. The van der Waals surface area contributed by atoms with Crippen molar-refractivity contribution in [3.63, 3.8) is 0 Å². The van der Waals surface area contributed by atoms with E-state index in [9.17, 15) is 5.26 Å². The van der Waals surface area contributed by atoms with Crippen LogP contribution < -0.4 is 10.1 Å². The van der Waals surface area contributed by atoms with E-state index in [4.69, 9.17) is 9.72 Å². The van der Waals surface area contributed by atoms with Crippen LogP contribution in [0.15, 0.2) is 48.7 Å². The van der Waals surface area contributed by atoms with Gasteiger partial charge in [0.25, 0.3) is 0 Å². The number of rotatable bonds is 4. The maximum atomic E-state index is 9.40. The molecular weight excluding hydrogens is 338 g/mol. The molecule has 0 atom stereocenters. The number of H-pyrrole nitrogens is 1. The first-order valence-electron chi connectivity index (χ1n) is 8.61. The summed E-state index contributed by atoms with van der Waals surface area (Å²) in [6.07, 6.45) is 1.79. The number of nitrogens with zero attached hydrogens (tertiary/aromatic N) is 3. The maximum Gasteiger partial charge on any atom is 0.157 e. The molecule has 2 heterocycles. The van der Waals surface area contributed by atoms with Gasteiger partial charge in [0.15, 0.2) is 5.82 Å². The summed E-state index contributed by atoms with van der Waals surface area (Å²) >= 11 is 0. The van der Waals surface area contributed by atoms with Crippen molar-refractivity contribution in [2.45, 2.75) is 19.3 Å². The fraction of sp³-hybridized carbons (Fsp3) is 0.190. The summed E-state index contributed by atoms with van der Waals surface area (Å²) in [6, 6.07) is 15.9. The van der Waals surface area contributed by atoms with Crippen molar-refractivity contribution in [3.05, 3.63) is 54.2 Å². The van der Waals surface area contributed by atoms with Crippen LogP contribution in [-0.4, -0.2) is 22.3 Å². The average Bonchev–Trinajstić information content (AvgIpc) is 3.18. The number of ether oxygens (including phenoxy) is 1. The molecule has 0 unspecified atom stereocenters. The molecule has 2 N–H and O–H groups in total. The highest BCUT2D eigenvalue weighted by Crippen LogP contribution is 2.32. The van der Waals surface area contributed by atoms with Crippen molar-refractivity contribution >= 4 is 33.3 Å². The Balaban J connectivity index is 1.82. The summed E-state index contributed by atoms with van der Waals surface area (Å²) < 4.78 is 5.33.